The summed E-state index contributed by atoms with van der Waals surface area (Å²) in [5.74, 6) is 2.44. The van der Waals surface area contributed by atoms with Crippen LogP contribution in [0.25, 0.3) is 0 Å². The molecule has 2 aliphatic heterocycles. The Bertz CT molecular complexity index is 637. The van der Waals surface area contributed by atoms with Crippen LogP contribution in [0, 0.1) is 5.82 Å². The number of nitrogens with one attached hydrogen (secondary N) is 1. The van der Waals surface area contributed by atoms with E-state index >= 15 is 0 Å². The van der Waals surface area contributed by atoms with Crippen molar-refractivity contribution in [1.29, 1.82) is 0 Å². The molecule has 1 aromatic rings. The van der Waals surface area contributed by atoms with Gasteiger partial charge in [0.1, 0.15) is 23.1 Å². The minimum atomic E-state index is -0.248. The summed E-state index contributed by atoms with van der Waals surface area (Å²) in [6.07, 6.45) is 8.09. The van der Waals surface area contributed by atoms with E-state index in [0.29, 0.717) is 12.3 Å². The predicted octanol–water partition coefficient (Wildman–Crippen LogP) is 2.70. The summed E-state index contributed by atoms with van der Waals surface area (Å²) in [5.41, 5.74) is 0. The topological polar surface area (TPSA) is 27.7 Å². The van der Waals surface area contributed by atoms with Crippen LogP contribution in [0.15, 0.2) is 48.0 Å². The lowest BCUT2D eigenvalue weighted by molar-refractivity contribution is 0.264. The molecule has 24 heavy (non-hydrogen) atoms. The number of hydrogen-bond donors (Lipinski definition) is 1. The van der Waals surface area contributed by atoms with Gasteiger partial charge in [-0.25, -0.2) is 4.39 Å². The number of ether oxygens (including phenoxy) is 1. The second kappa shape index (κ2) is 6.85. The van der Waals surface area contributed by atoms with Crippen LogP contribution in [0.1, 0.15) is 19.3 Å². The Morgan fingerprint density at radius 1 is 1.00 bits per heavy atom. The number of nitrogens with zero attached hydrogens (tertiary/aromatic N) is 2. The maximum absolute atomic E-state index is 12.9. The zero-order valence-corrected chi connectivity index (χ0v) is 13.9. The van der Waals surface area contributed by atoms with Gasteiger partial charge in [0.05, 0.1) is 6.54 Å². The van der Waals surface area contributed by atoms with Crippen molar-refractivity contribution >= 4 is 0 Å². The number of rotatable bonds is 4. The smallest absolute Gasteiger partial charge is 0.127 e. The fraction of sp³-hybridized carbons (Fsp3) is 0.474. The van der Waals surface area contributed by atoms with E-state index < -0.39 is 0 Å². The van der Waals surface area contributed by atoms with E-state index in [2.05, 4.69) is 21.2 Å². The minimum Gasteiger partial charge on any atom is -0.460 e. The number of benzene rings is 1. The molecule has 3 aliphatic rings. The summed E-state index contributed by atoms with van der Waals surface area (Å²) in [7, 11) is 0. The van der Waals surface area contributed by atoms with Gasteiger partial charge in [0, 0.05) is 32.2 Å². The van der Waals surface area contributed by atoms with E-state index in [9.17, 15) is 4.39 Å². The van der Waals surface area contributed by atoms with E-state index in [4.69, 9.17) is 4.74 Å². The Hall–Kier alpha value is -2.01. The third kappa shape index (κ3) is 3.73. The van der Waals surface area contributed by atoms with Gasteiger partial charge in [-0.05, 0) is 55.7 Å². The zero-order chi connectivity index (χ0) is 16.4. The van der Waals surface area contributed by atoms with Gasteiger partial charge in [-0.3, -0.25) is 4.90 Å². The Morgan fingerprint density at radius 2 is 1.83 bits per heavy atom. The molecular weight excluding hydrogens is 305 g/mol. The normalized spacial score (nSPS) is 22.3. The fourth-order valence-corrected chi connectivity index (χ4v) is 3.39. The molecule has 1 aromatic carbocycles. The van der Waals surface area contributed by atoms with E-state index in [1.54, 1.807) is 12.1 Å². The molecule has 0 amide bonds. The predicted molar refractivity (Wildman–Crippen MR) is 92.0 cm³/mol. The van der Waals surface area contributed by atoms with Gasteiger partial charge in [0.25, 0.3) is 0 Å². The van der Waals surface area contributed by atoms with Crippen LogP contribution in [-0.4, -0.2) is 48.6 Å². The fourth-order valence-electron chi connectivity index (χ4n) is 3.39. The van der Waals surface area contributed by atoms with Crippen molar-refractivity contribution in [3.8, 4) is 5.75 Å². The maximum Gasteiger partial charge on any atom is 0.127 e. The molecule has 0 radical (unpaired) electrons. The maximum atomic E-state index is 12.9. The molecule has 0 atom stereocenters. The van der Waals surface area contributed by atoms with Crippen molar-refractivity contribution in [2.45, 2.75) is 25.3 Å². The highest BCUT2D eigenvalue weighted by molar-refractivity contribution is 5.28. The van der Waals surface area contributed by atoms with Crippen molar-refractivity contribution in [3.63, 3.8) is 0 Å². The van der Waals surface area contributed by atoms with Crippen molar-refractivity contribution in [1.82, 2.24) is 15.1 Å². The summed E-state index contributed by atoms with van der Waals surface area (Å²) in [6, 6.07) is 6.98. The minimum absolute atomic E-state index is 0.248. The Kier molecular flexibility index (Phi) is 4.43. The van der Waals surface area contributed by atoms with Crippen LogP contribution in [0.3, 0.4) is 0 Å². The SMILES string of the molecule is Fc1ccc(OC2=CC=C(N3CCCN(C4CC4)CC3)NC2)cc1. The van der Waals surface area contributed by atoms with Crippen LogP contribution in [-0.2, 0) is 0 Å². The van der Waals surface area contributed by atoms with Crippen LogP contribution >= 0.6 is 0 Å². The monoisotopic (exact) mass is 329 g/mol. The third-order valence-corrected chi connectivity index (χ3v) is 4.87. The Morgan fingerprint density at radius 3 is 2.54 bits per heavy atom. The number of hydrogen-bond acceptors (Lipinski definition) is 4. The molecule has 0 aromatic heterocycles. The van der Waals surface area contributed by atoms with Gasteiger partial charge in [-0.15, -0.1) is 0 Å². The van der Waals surface area contributed by atoms with Crippen LogP contribution in [0.2, 0.25) is 0 Å². The lowest BCUT2D eigenvalue weighted by Gasteiger charge is -2.29. The molecule has 0 bridgehead atoms. The number of dihydropyridines is 1. The summed E-state index contributed by atoms with van der Waals surface area (Å²) in [5, 5.41) is 3.46. The third-order valence-electron chi connectivity index (χ3n) is 4.87. The molecule has 0 spiro atoms. The van der Waals surface area contributed by atoms with E-state index in [1.807, 2.05) is 6.08 Å². The summed E-state index contributed by atoms with van der Waals surface area (Å²) in [4.78, 5) is 5.08. The van der Waals surface area contributed by atoms with Gasteiger partial charge in [-0.1, -0.05) is 0 Å². The molecule has 2 heterocycles. The van der Waals surface area contributed by atoms with E-state index in [1.165, 1.54) is 43.8 Å². The second-order valence-corrected chi connectivity index (χ2v) is 6.70. The van der Waals surface area contributed by atoms with Crippen LogP contribution in [0.5, 0.6) is 5.75 Å². The van der Waals surface area contributed by atoms with Crippen molar-refractivity contribution in [3.05, 3.63) is 53.8 Å². The zero-order valence-electron chi connectivity index (χ0n) is 13.9. The largest absolute Gasteiger partial charge is 0.460 e. The second-order valence-electron chi connectivity index (χ2n) is 6.70. The first kappa shape index (κ1) is 15.5. The van der Waals surface area contributed by atoms with Crippen molar-refractivity contribution in [2.24, 2.45) is 0 Å². The highest BCUT2D eigenvalue weighted by atomic mass is 19.1. The first-order valence-corrected chi connectivity index (χ1v) is 8.85. The van der Waals surface area contributed by atoms with Gasteiger partial charge in [-0.2, -0.15) is 0 Å². The van der Waals surface area contributed by atoms with Gasteiger partial charge in [0.15, 0.2) is 0 Å². The molecule has 1 aliphatic carbocycles. The summed E-state index contributed by atoms with van der Waals surface area (Å²) in [6.45, 7) is 5.23. The molecule has 4 nitrogen and oxygen atoms in total. The molecular formula is C19H24FN3O. The first-order valence-electron chi connectivity index (χ1n) is 8.85. The summed E-state index contributed by atoms with van der Waals surface area (Å²) >= 11 is 0. The summed E-state index contributed by atoms with van der Waals surface area (Å²) < 4.78 is 18.7. The molecule has 1 saturated carbocycles. The Labute approximate surface area is 142 Å². The lowest BCUT2D eigenvalue weighted by Crippen LogP contribution is -2.37. The van der Waals surface area contributed by atoms with Gasteiger partial charge in [0.2, 0.25) is 0 Å². The van der Waals surface area contributed by atoms with E-state index in [-0.39, 0.29) is 5.82 Å². The van der Waals surface area contributed by atoms with Crippen LogP contribution in [0.4, 0.5) is 4.39 Å². The Balaban J connectivity index is 1.36. The molecule has 1 N–H and O–H groups in total. The quantitative estimate of drug-likeness (QED) is 0.919. The van der Waals surface area contributed by atoms with Gasteiger partial charge >= 0.3 is 0 Å². The number of allylic oxidation sites excluding steroid dienone is 2. The molecule has 0 unspecified atom stereocenters. The first-order chi connectivity index (χ1) is 11.8. The van der Waals surface area contributed by atoms with Crippen molar-refractivity contribution < 1.29 is 9.13 Å². The molecule has 1 saturated heterocycles. The van der Waals surface area contributed by atoms with Crippen molar-refractivity contribution in [2.75, 3.05) is 32.7 Å². The average Bonchev–Trinajstić information content (AvgIpc) is 3.44. The highest BCUT2D eigenvalue weighted by Crippen LogP contribution is 2.28. The number of halogens is 1. The standard InChI is InChI=1S/C19H24FN3O/c20-15-2-6-17(7-3-15)24-18-8-9-19(21-14-18)23-11-1-10-22(12-13-23)16-4-5-16/h2-3,6-9,16,21H,1,4-5,10-14H2. The molecule has 128 valence electrons. The van der Waals surface area contributed by atoms with E-state index in [0.717, 1.165) is 31.4 Å². The average molecular weight is 329 g/mol. The van der Waals surface area contributed by atoms with Gasteiger partial charge < -0.3 is 15.0 Å². The highest BCUT2D eigenvalue weighted by Gasteiger charge is 2.30. The molecule has 5 heteroatoms. The van der Waals surface area contributed by atoms with Crippen LogP contribution < -0.4 is 10.1 Å². The lowest BCUT2D eigenvalue weighted by atomic mass is 10.3. The molecule has 2 fully saturated rings. The molecule has 4 rings (SSSR count).